The van der Waals surface area contributed by atoms with E-state index in [1.54, 1.807) is 13.3 Å². The first kappa shape index (κ1) is 13.6. The molecule has 0 bridgehead atoms. The van der Waals surface area contributed by atoms with E-state index >= 15 is 0 Å². The van der Waals surface area contributed by atoms with Gasteiger partial charge in [0, 0.05) is 37.0 Å². The summed E-state index contributed by atoms with van der Waals surface area (Å²) in [5, 5.41) is 0. The summed E-state index contributed by atoms with van der Waals surface area (Å²) < 4.78 is 11.2. The van der Waals surface area contributed by atoms with E-state index in [4.69, 9.17) is 9.47 Å². The van der Waals surface area contributed by atoms with E-state index in [9.17, 15) is 0 Å². The molecule has 21 heavy (non-hydrogen) atoms. The third kappa shape index (κ3) is 3.04. The summed E-state index contributed by atoms with van der Waals surface area (Å²) in [7, 11) is 1.61. The molecule has 3 rings (SSSR count). The second-order valence-corrected chi connectivity index (χ2v) is 5.03. The third-order valence-electron chi connectivity index (χ3n) is 3.57. The lowest BCUT2D eigenvalue weighted by atomic mass is 10.2. The normalized spacial score (nSPS) is 17.8. The van der Waals surface area contributed by atoms with Crippen LogP contribution >= 0.6 is 0 Å². The van der Waals surface area contributed by atoms with Crippen molar-refractivity contribution in [2.45, 2.75) is 19.4 Å². The Kier molecular flexibility index (Phi) is 3.85. The van der Waals surface area contributed by atoms with Gasteiger partial charge in [-0.15, -0.1) is 0 Å². The van der Waals surface area contributed by atoms with Gasteiger partial charge in [-0.25, -0.2) is 9.97 Å². The minimum Gasteiger partial charge on any atom is -0.488 e. The molecule has 1 atom stereocenters. The second-order valence-electron chi connectivity index (χ2n) is 5.03. The molecule has 0 N–H and O–H groups in total. The van der Waals surface area contributed by atoms with Crippen molar-refractivity contribution in [2.75, 3.05) is 25.1 Å². The van der Waals surface area contributed by atoms with Gasteiger partial charge < -0.3 is 14.4 Å². The van der Waals surface area contributed by atoms with Crippen molar-refractivity contribution < 1.29 is 9.47 Å². The van der Waals surface area contributed by atoms with Crippen LogP contribution in [0.1, 0.15) is 12.0 Å². The number of methoxy groups -OCH3 is 1. The zero-order chi connectivity index (χ0) is 14.7. The van der Waals surface area contributed by atoms with Gasteiger partial charge >= 0.3 is 0 Å². The van der Waals surface area contributed by atoms with Crippen molar-refractivity contribution in [2.24, 2.45) is 0 Å². The van der Waals surface area contributed by atoms with Crippen LogP contribution in [0.4, 0.5) is 5.82 Å². The molecule has 2 aromatic heterocycles. The molecule has 6 nitrogen and oxygen atoms in total. The van der Waals surface area contributed by atoms with Crippen molar-refractivity contribution in [1.82, 2.24) is 15.0 Å². The number of anilines is 1. The molecule has 3 heterocycles. The fourth-order valence-corrected chi connectivity index (χ4v) is 2.42. The predicted octanol–water partition coefficient (Wildman–Crippen LogP) is 1.85. The van der Waals surface area contributed by atoms with E-state index in [0.29, 0.717) is 5.88 Å². The lowest BCUT2D eigenvalue weighted by Crippen LogP contribution is -2.25. The first-order valence-electron chi connectivity index (χ1n) is 6.94. The first-order valence-corrected chi connectivity index (χ1v) is 6.94. The third-order valence-corrected chi connectivity index (χ3v) is 3.57. The van der Waals surface area contributed by atoms with Crippen LogP contribution in [0.5, 0.6) is 11.6 Å². The molecule has 0 amide bonds. The summed E-state index contributed by atoms with van der Waals surface area (Å²) in [6, 6.07) is 3.76. The van der Waals surface area contributed by atoms with Crippen LogP contribution < -0.4 is 14.4 Å². The number of ether oxygens (including phenoxy) is 2. The highest BCUT2D eigenvalue weighted by molar-refractivity contribution is 5.42. The standard InChI is InChI=1S/C15H18N4O2/c1-11-8-16-5-3-13(11)21-12-4-6-19(9-12)14-7-15(20-2)18-10-17-14/h3,5,7-8,10,12H,4,6,9H2,1-2H3. The fourth-order valence-electron chi connectivity index (χ4n) is 2.42. The quantitative estimate of drug-likeness (QED) is 0.855. The smallest absolute Gasteiger partial charge is 0.218 e. The van der Waals surface area contributed by atoms with Crippen molar-refractivity contribution in [3.63, 3.8) is 0 Å². The zero-order valence-corrected chi connectivity index (χ0v) is 12.2. The highest BCUT2D eigenvalue weighted by Gasteiger charge is 2.25. The van der Waals surface area contributed by atoms with E-state index < -0.39 is 0 Å². The molecule has 0 aliphatic carbocycles. The minimum absolute atomic E-state index is 0.159. The predicted molar refractivity (Wildman–Crippen MR) is 78.8 cm³/mol. The maximum atomic E-state index is 6.06. The highest BCUT2D eigenvalue weighted by Crippen LogP contribution is 2.24. The molecule has 0 aromatic carbocycles. The topological polar surface area (TPSA) is 60.4 Å². The monoisotopic (exact) mass is 286 g/mol. The summed E-state index contributed by atoms with van der Waals surface area (Å²) in [6.45, 7) is 3.72. The minimum atomic E-state index is 0.159. The Balaban J connectivity index is 1.66. The molecule has 1 saturated heterocycles. The first-order chi connectivity index (χ1) is 10.3. The Hall–Kier alpha value is -2.37. The van der Waals surface area contributed by atoms with Crippen LogP contribution in [0.25, 0.3) is 0 Å². The van der Waals surface area contributed by atoms with Gasteiger partial charge in [-0.3, -0.25) is 4.98 Å². The van der Waals surface area contributed by atoms with E-state index in [0.717, 1.165) is 36.6 Å². The van der Waals surface area contributed by atoms with Gasteiger partial charge in [0.15, 0.2) is 0 Å². The molecule has 6 heteroatoms. The fraction of sp³-hybridized carbons (Fsp3) is 0.400. The molecule has 0 saturated carbocycles. The van der Waals surface area contributed by atoms with Crippen LogP contribution in [0.3, 0.4) is 0 Å². The lowest BCUT2D eigenvalue weighted by Gasteiger charge is -2.18. The number of hydrogen-bond acceptors (Lipinski definition) is 6. The second kappa shape index (κ2) is 5.95. The van der Waals surface area contributed by atoms with E-state index in [1.807, 2.05) is 25.3 Å². The van der Waals surface area contributed by atoms with Gasteiger partial charge in [-0.1, -0.05) is 0 Å². The molecule has 1 fully saturated rings. The maximum Gasteiger partial charge on any atom is 0.218 e. The highest BCUT2D eigenvalue weighted by atomic mass is 16.5. The summed E-state index contributed by atoms with van der Waals surface area (Å²) >= 11 is 0. The summed E-state index contributed by atoms with van der Waals surface area (Å²) in [5.74, 6) is 2.35. The summed E-state index contributed by atoms with van der Waals surface area (Å²) in [6.07, 6.45) is 6.22. The van der Waals surface area contributed by atoms with Gasteiger partial charge in [-0.2, -0.15) is 0 Å². The molecule has 110 valence electrons. The number of aromatic nitrogens is 3. The molecule has 1 aliphatic rings. The van der Waals surface area contributed by atoms with Crippen molar-refractivity contribution in [3.05, 3.63) is 36.4 Å². The van der Waals surface area contributed by atoms with Gasteiger partial charge in [0.05, 0.1) is 13.7 Å². The van der Waals surface area contributed by atoms with Crippen molar-refractivity contribution in [3.8, 4) is 11.6 Å². The van der Waals surface area contributed by atoms with Crippen LogP contribution in [0.15, 0.2) is 30.9 Å². The Morgan fingerprint density at radius 2 is 2.24 bits per heavy atom. The van der Waals surface area contributed by atoms with E-state index in [-0.39, 0.29) is 6.10 Å². The summed E-state index contributed by atoms with van der Waals surface area (Å²) in [5.41, 5.74) is 1.06. The lowest BCUT2D eigenvalue weighted by molar-refractivity contribution is 0.223. The molecule has 0 spiro atoms. The number of aryl methyl sites for hydroxylation is 1. The number of hydrogen-bond donors (Lipinski definition) is 0. The Morgan fingerprint density at radius 3 is 3.05 bits per heavy atom. The summed E-state index contributed by atoms with van der Waals surface area (Å²) in [4.78, 5) is 14.6. The SMILES string of the molecule is COc1cc(N2CCC(Oc3ccncc3C)C2)ncn1. The van der Waals surface area contributed by atoms with Crippen LogP contribution in [-0.2, 0) is 0 Å². The Labute approximate surface area is 123 Å². The van der Waals surface area contributed by atoms with Gasteiger partial charge in [0.25, 0.3) is 0 Å². The molecule has 2 aromatic rings. The molecule has 1 unspecified atom stereocenters. The Bertz CT molecular complexity index is 620. The Morgan fingerprint density at radius 1 is 1.33 bits per heavy atom. The number of rotatable bonds is 4. The van der Waals surface area contributed by atoms with Crippen LogP contribution in [0, 0.1) is 6.92 Å². The van der Waals surface area contributed by atoms with Gasteiger partial charge in [0.2, 0.25) is 5.88 Å². The van der Waals surface area contributed by atoms with Gasteiger partial charge in [-0.05, 0) is 13.0 Å². The zero-order valence-electron chi connectivity index (χ0n) is 12.2. The van der Waals surface area contributed by atoms with Crippen molar-refractivity contribution >= 4 is 5.82 Å². The average molecular weight is 286 g/mol. The number of nitrogens with zero attached hydrogens (tertiary/aromatic N) is 4. The molecule has 0 radical (unpaired) electrons. The van der Waals surface area contributed by atoms with Gasteiger partial charge in [0.1, 0.15) is 24.0 Å². The van der Waals surface area contributed by atoms with Crippen LogP contribution in [-0.4, -0.2) is 41.3 Å². The van der Waals surface area contributed by atoms with E-state index in [1.165, 1.54) is 6.33 Å². The number of pyridine rings is 1. The van der Waals surface area contributed by atoms with Crippen LogP contribution in [0.2, 0.25) is 0 Å². The molecular formula is C15H18N4O2. The van der Waals surface area contributed by atoms with E-state index in [2.05, 4.69) is 19.9 Å². The molecule has 1 aliphatic heterocycles. The molecular weight excluding hydrogens is 268 g/mol. The van der Waals surface area contributed by atoms with Crippen molar-refractivity contribution in [1.29, 1.82) is 0 Å². The largest absolute Gasteiger partial charge is 0.488 e. The average Bonchev–Trinajstić information content (AvgIpc) is 2.98. The maximum absolute atomic E-state index is 6.06.